The van der Waals surface area contributed by atoms with Gasteiger partial charge in [0.15, 0.2) is 0 Å². The third-order valence-electron chi connectivity index (χ3n) is 10.3. The summed E-state index contributed by atoms with van der Waals surface area (Å²) in [5, 5.41) is 22.0. The molecule has 0 bridgehead atoms. The molecular weight excluding hydrogens is 320 g/mol. The highest BCUT2D eigenvalue weighted by Crippen LogP contribution is 2.69. The summed E-state index contributed by atoms with van der Waals surface area (Å²) in [6.07, 6.45) is 9.19. The standard InChI is InChI=1S/C24H42O2/c1-6-16-20-13-15(25)9-11-24(20,5)19-10-12-23(4)17(14(2)3)7-8-18(23)21(19)22(16)26/h14-22,25-26H,6-13H2,1-5H3/t15-,16-,17-,18?,19?,20+,21?,22?,23-,24-/m1/s1. The summed E-state index contributed by atoms with van der Waals surface area (Å²) in [6.45, 7) is 12.2. The van der Waals surface area contributed by atoms with E-state index in [4.69, 9.17) is 0 Å². The molecule has 0 aromatic rings. The van der Waals surface area contributed by atoms with Gasteiger partial charge in [-0.05, 0) is 97.2 Å². The normalized spacial score (nSPS) is 56.8. The first-order valence-corrected chi connectivity index (χ1v) is 11.6. The highest BCUT2D eigenvalue weighted by Gasteiger charge is 2.64. The Morgan fingerprint density at radius 3 is 2.19 bits per heavy atom. The van der Waals surface area contributed by atoms with E-state index in [0.29, 0.717) is 40.4 Å². The summed E-state index contributed by atoms with van der Waals surface area (Å²) in [5.74, 6) is 4.37. The molecule has 0 aliphatic heterocycles. The van der Waals surface area contributed by atoms with E-state index in [9.17, 15) is 10.2 Å². The summed E-state index contributed by atoms with van der Waals surface area (Å²) in [4.78, 5) is 0. The molecule has 4 fully saturated rings. The molecule has 4 aliphatic rings. The van der Waals surface area contributed by atoms with Crippen molar-refractivity contribution in [1.29, 1.82) is 0 Å². The Labute approximate surface area is 161 Å². The van der Waals surface area contributed by atoms with Crippen LogP contribution in [0.15, 0.2) is 0 Å². The van der Waals surface area contributed by atoms with Crippen LogP contribution in [0.4, 0.5) is 0 Å². The van der Waals surface area contributed by atoms with Crippen LogP contribution in [0.2, 0.25) is 0 Å². The number of rotatable bonds is 2. The van der Waals surface area contributed by atoms with Gasteiger partial charge in [0.1, 0.15) is 0 Å². The van der Waals surface area contributed by atoms with Crippen molar-refractivity contribution in [3.63, 3.8) is 0 Å². The molecule has 0 aromatic heterocycles. The summed E-state index contributed by atoms with van der Waals surface area (Å²) < 4.78 is 0. The smallest absolute Gasteiger partial charge is 0.0605 e. The topological polar surface area (TPSA) is 40.5 Å². The van der Waals surface area contributed by atoms with Gasteiger partial charge in [0.25, 0.3) is 0 Å². The minimum Gasteiger partial charge on any atom is -0.393 e. The van der Waals surface area contributed by atoms with E-state index in [-0.39, 0.29) is 12.2 Å². The Kier molecular flexibility index (Phi) is 4.79. The minimum atomic E-state index is -0.149. The minimum absolute atomic E-state index is 0.142. The number of aliphatic hydroxyl groups is 2. The quantitative estimate of drug-likeness (QED) is 0.702. The van der Waals surface area contributed by atoms with Crippen molar-refractivity contribution in [2.45, 2.75) is 98.2 Å². The SMILES string of the molecule is CC[C@H]1C(O)C2C3CC[C@H](C(C)C)[C@@]3(C)CCC2[C@@]2(C)CC[C@@H](O)C[C@@H]12. The van der Waals surface area contributed by atoms with Crippen molar-refractivity contribution in [2.75, 3.05) is 0 Å². The average Bonchev–Trinajstić information content (AvgIpc) is 2.94. The first kappa shape index (κ1) is 19.2. The van der Waals surface area contributed by atoms with Crippen LogP contribution in [0.25, 0.3) is 0 Å². The van der Waals surface area contributed by atoms with E-state index in [1.807, 2.05) is 0 Å². The molecule has 0 heterocycles. The van der Waals surface area contributed by atoms with Crippen LogP contribution >= 0.6 is 0 Å². The molecule has 2 N–H and O–H groups in total. The van der Waals surface area contributed by atoms with Gasteiger partial charge < -0.3 is 10.2 Å². The fraction of sp³-hybridized carbons (Fsp3) is 1.00. The van der Waals surface area contributed by atoms with Gasteiger partial charge in [0.05, 0.1) is 12.2 Å². The zero-order valence-corrected chi connectivity index (χ0v) is 17.7. The average molecular weight is 363 g/mol. The molecule has 10 atom stereocenters. The molecule has 0 spiro atoms. The van der Waals surface area contributed by atoms with Crippen LogP contribution in [0.3, 0.4) is 0 Å². The third kappa shape index (κ3) is 2.50. The van der Waals surface area contributed by atoms with Crippen LogP contribution in [-0.2, 0) is 0 Å². The lowest BCUT2D eigenvalue weighted by Gasteiger charge is -2.64. The Morgan fingerprint density at radius 1 is 0.885 bits per heavy atom. The predicted octanol–water partition coefficient (Wildman–Crippen LogP) is 5.27. The lowest BCUT2D eigenvalue weighted by Crippen LogP contribution is -2.62. The van der Waals surface area contributed by atoms with Crippen LogP contribution in [0, 0.1) is 52.3 Å². The number of fused-ring (bicyclic) bond motifs is 5. The van der Waals surface area contributed by atoms with Gasteiger partial charge in [-0.1, -0.05) is 41.0 Å². The van der Waals surface area contributed by atoms with Crippen molar-refractivity contribution in [2.24, 2.45) is 52.3 Å². The van der Waals surface area contributed by atoms with Gasteiger partial charge in [0, 0.05) is 0 Å². The van der Waals surface area contributed by atoms with Crippen LogP contribution in [0.1, 0.15) is 86.0 Å². The summed E-state index contributed by atoms with van der Waals surface area (Å²) >= 11 is 0. The van der Waals surface area contributed by atoms with Gasteiger partial charge in [-0.3, -0.25) is 0 Å². The van der Waals surface area contributed by atoms with Crippen LogP contribution in [-0.4, -0.2) is 22.4 Å². The molecule has 26 heavy (non-hydrogen) atoms. The van der Waals surface area contributed by atoms with E-state index < -0.39 is 0 Å². The lowest BCUT2D eigenvalue weighted by atomic mass is 9.41. The van der Waals surface area contributed by atoms with Crippen molar-refractivity contribution in [3.05, 3.63) is 0 Å². The second kappa shape index (κ2) is 6.48. The third-order valence-corrected chi connectivity index (χ3v) is 10.3. The lowest BCUT2D eigenvalue weighted by molar-refractivity contribution is -0.203. The van der Waals surface area contributed by atoms with Gasteiger partial charge >= 0.3 is 0 Å². The van der Waals surface area contributed by atoms with Gasteiger partial charge in [-0.2, -0.15) is 0 Å². The molecule has 0 saturated heterocycles. The Morgan fingerprint density at radius 2 is 1.54 bits per heavy atom. The van der Waals surface area contributed by atoms with Crippen LogP contribution < -0.4 is 0 Å². The maximum absolute atomic E-state index is 11.6. The Bertz CT molecular complexity index is 530. The molecule has 2 nitrogen and oxygen atoms in total. The zero-order chi connectivity index (χ0) is 18.9. The Hall–Kier alpha value is -0.0800. The van der Waals surface area contributed by atoms with E-state index >= 15 is 0 Å². The molecule has 4 rings (SSSR count). The van der Waals surface area contributed by atoms with Gasteiger partial charge in [-0.25, -0.2) is 0 Å². The number of aliphatic hydroxyl groups excluding tert-OH is 2. The fourth-order valence-electron chi connectivity index (χ4n) is 9.09. The summed E-state index contributed by atoms with van der Waals surface area (Å²) in [7, 11) is 0. The number of hydrogen-bond donors (Lipinski definition) is 2. The fourth-order valence-corrected chi connectivity index (χ4v) is 9.09. The Balaban J connectivity index is 1.71. The molecule has 4 aliphatic carbocycles. The highest BCUT2D eigenvalue weighted by molar-refractivity contribution is 5.13. The largest absolute Gasteiger partial charge is 0.393 e. The first-order chi connectivity index (χ1) is 12.2. The van der Waals surface area contributed by atoms with E-state index in [0.717, 1.165) is 31.1 Å². The maximum atomic E-state index is 11.6. The highest BCUT2D eigenvalue weighted by atomic mass is 16.3. The second-order valence-electron chi connectivity index (χ2n) is 11.4. The molecule has 4 saturated carbocycles. The molecule has 0 aromatic carbocycles. The molecule has 0 radical (unpaired) electrons. The van der Waals surface area contributed by atoms with Crippen molar-refractivity contribution < 1.29 is 10.2 Å². The van der Waals surface area contributed by atoms with Crippen molar-refractivity contribution in [3.8, 4) is 0 Å². The van der Waals surface area contributed by atoms with Crippen LogP contribution in [0.5, 0.6) is 0 Å². The predicted molar refractivity (Wildman–Crippen MR) is 107 cm³/mol. The maximum Gasteiger partial charge on any atom is 0.0605 e. The molecule has 2 heteroatoms. The monoisotopic (exact) mass is 362 g/mol. The summed E-state index contributed by atoms with van der Waals surface area (Å²) in [6, 6.07) is 0. The zero-order valence-electron chi connectivity index (χ0n) is 17.7. The van der Waals surface area contributed by atoms with E-state index in [1.165, 1.54) is 32.1 Å². The van der Waals surface area contributed by atoms with Crippen molar-refractivity contribution in [1.82, 2.24) is 0 Å². The van der Waals surface area contributed by atoms with E-state index in [1.54, 1.807) is 0 Å². The second-order valence-corrected chi connectivity index (χ2v) is 11.4. The first-order valence-electron chi connectivity index (χ1n) is 11.6. The molecule has 4 unspecified atom stereocenters. The number of hydrogen-bond acceptors (Lipinski definition) is 2. The van der Waals surface area contributed by atoms with Crippen molar-refractivity contribution >= 4 is 0 Å². The van der Waals surface area contributed by atoms with Gasteiger partial charge in [0.2, 0.25) is 0 Å². The molecule has 150 valence electrons. The van der Waals surface area contributed by atoms with Gasteiger partial charge in [-0.15, -0.1) is 0 Å². The van der Waals surface area contributed by atoms with E-state index in [2.05, 4.69) is 34.6 Å². The summed E-state index contributed by atoms with van der Waals surface area (Å²) in [5.41, 5.74) is 0.771. The molecule has 0 amide bonds. The molecular formula is C24H42O2.